The lowest BCUT2D eigenvalue weighted by Gasteiger charge is -2.33. The fourth-order valence-electron chi connectivity index (χ4n) is 3.00. The molecule has 0 bridgehead atoms. The molecular weight excluding hydrogens is 362 g/mol. The number of methoxy groups -OCH3 is 1. The van der Waals surface area contributed by atoms with Crippen LogP contribution in [-0.4, -0.2) is 70.1 Å². The number of tetrazole rings is 1. The number of aromatic amines is 1. The summed E-state index contributed by atoms with van der Waals surface area (Å²) in [5.41, 5.74) is 0.959. The molecule has 1 unspecified atom stereocenters. The van der Waals surface area contributed by atoms with Crippen LogP contribution < -0.4 is 15.4 Å². The molecule has 28 heavy (non-hydrogen) atoms. The van der Waals surface area contributed by atoms with Crippen molar-refractivity contribution >= 4 is 17.9 Å². The average Bonchev–Trinajstić information content (AvgIpc) is 3.23. The normalized spacial score (nSPS) is 17.5. The lowest BCUT2D eigenvalue weighted by molar-refractivity contribution is -0.133. The summed E-state index contributed by atoms with van der Waals surface area (Å²) >= 11 is 0. The molecule has 1 aromatic heterocycles. The van der Waals surface area contributed by atoms with E-state index in [1.54, 1.807) is 7.11 Å². The summed E-state index contributed by atoms with van der Waals surface area (Å²) in [7, 11) is 1.63. The molecule has 3 rings (SSSR count). The van der Waals surface area contributed by atoms with E-state index >= 15 is 0 Å². The number of amides is 2. The van der Waals surface area contributed by atoms with Crippen LogP contribution in [0.25, 0.3) is 6.08 Å². The first-order valence-corrected chi connectivity index (χ1v) is 8.97. The first-order chi connectivity index (χ1) is 13.7. The Bertz CT molecular complexity index is 822. The summed E-state index contributed by atoms with van der Waals surface area (Å²) in [5, 5.41) is 18.8. The van der Waals surface area contributed by atoms with E-state index < -0.39 is 6.04 Å². The maximum atomic E-state index is 12.3. The summed E-state index contributed by atoms with van der Waals surface area (Å²) in [4.78, 5) is 26.5. The van der Waals surface area contributed by atoms with E-state index in [4.69, 9.17) is 4.74 Å². The van der Waals surface area contributed by atoms with Gasteiger partial charge in [0.1, 0.15) is 5.75 Å². The number of carbonyl (C=O) groups is 2. The Kier molecular flexibility index (Phi) is 6.68. The van der Waals surface area contributed by atoms with Gasteiger partial charge in [0.05, 0.1) is 26.1 Å². The fraction of sp³-hybridized carbons (Fsp3) is 0.389. The molecule has 2 amide bonds. The minimum absolute atomic E-state index is 0.0617. The Labute approximate surface area is 162 Å². The quantitative estimate of drug-likeness (QED) is 0.571. The summed E-state index contributed by atoms with van der Waals surface area (Å²) in [6.45, 7) is 1.94. The standard InChI is InChI=1S/C18H23N7O3/c1-28-15-7-3-2-5-13(15)6-4-9-25-10-8-19-18(27)14(25)11-17(26)20-12-16-21-23-24-22-16/h2-7,14H,8-12H2,1H3,(H,19,27)(H,20,26)(H,21,22,23,24). The number of ether oxygens (including phenoxy) is 1. The van der Waals surface area contributed by atoms with Gasteiger partial charge >= 0.3 is 0 Å². The van der Waals surface area contributed by atoms with E-state index in [2.05, 4.69) is 31.3 Å². The SMILES string of the molecule is COc1ccccc1C=CCN1CCNC(=O)C1CC(=O)NCc1nn[nH]n1. The Balaban J connectivity index is 1.57. The number of hydrogen-bond acceptors (Lipinski definition) is 7. The Morgan fingerprint density at radius 3 is 3.07 bits per heavy atom. The molecule has 0 spiro atoms. The Morgan fingerprint density at radius 2 is 2.29 bits per heavy atom. The van der Waals surface area contributed by atoms with Crippen molar-refractivity contribution < 1.29 is 14.3 Å². The van der Waals surface area contributed by atoms with Crippen molar-refractivity contribution in [3.63, 3.8) is 0 Å². The van der Waals surface area contributed by atoms with Gasteiger partial charge in [0.2, 0.25) is 11.8 Å². The van der Waals surface area contributed by atoms with Crippen LogP contribution in [0.3, 0.4) is 0 Å². The van der Waals surface area contributed by atoms with Crippen molar-refractivity contribution in [1.82, 2.24) is 36.2 Å². The van der Waals surface area contributed by atoms with Crippen molar-refractivity contribution in [1.29, 1.82) is 0 Å². The number of aromatic nitrogens is 4. The third kappa shape index (κ3) is 5.13. The van der Waals surface area contributed by atoms with E-state index in [9.17, 15) is 9.59 Å². The first kappa shape index (κ1) is 19.5. The number of carbonyl (C=O) groups excluding carboxylic acids is 2. The molecule has 1 atom stereocenters. The molecule has 1 aliphatic heterocycles. The predicted octanol–water partition coefficient (Wildman–Crippen LogP) is -0.272. The molecule has 2 heterocycles. The molecule has 0 aliphatic carbocycles. The molecule has 1 aromatic carbocycles. The van der Waals surface area contributed by atoms with E-state index in [0.29, 0.717) is 25.5 Å². The van der Waals surface area contributed by atoms with Crippen LogP contribution in [0.5, 0.6) is 5.75 Å². The monoisotopic (exact) mass is 385 g/mol. The van der Waals surface area contributed by atoms with Gasteiger partial charge in [-0.15, -0.1) is 10.2 Å². The molecule has 148 valence electrons. The molecule has 1 aliphatic rings. The van der Waals surface area contributed by atoms with Crippen LogP contribution in [0.1, 0.15) is 17.8 Å². The van der Waals surface area contributed by atoms with E-state index in [-0.39, 0.29) is 24.8 Å². The second-order valence-corrected chi connectivity index (χ2v) is 6.25. The van der Waals surface area contributed by atoms with Gasteiger partial charge in [0.15, 0.2) is 5.82 Å². The highest BCUT2D eigenvalue weighted by atomic mass is 16.5. The Hall–Kier alpha value is -3.27. The fourth-order valence-corrected chi connectivity index (χ4v) is 3.00. The van der Waals surface area contributed by atoms with Crippen molar-refractivity contribution in [2.24, 2.45) is 0 Å². The third-order valence-corrected chi connectivity index (χ3v) is 4.43. The van der Waals surface area contributed by atoms with Crippen molar-refractivity contribution in [3.8, 4) is 5.75 Å². The van der Waals surface area contributed by atoms with Crippen LogP contribution in [0.4, 0.5) is 0 Å². The van der Waals surface area contributed by atoms with E-state index in [1.807, 2.05) is 41.3 Å². The van der Waals surface area contributed by atoms with Crippen molar-refractivity contribution in [2.75, 3.05) is 26.7 Å². The highest BCUT2D eigenvalue weighted by Crippen LogP contribution is 2.19. The number of H-pyrrole nitrogens is 1. The molecule has 2 aromatic rings. The molecule has 10 heteroatoms. The highest BCUT2D eigenvalue weighted by Gasteiger charge is 2.30. The van der Waals surface area contributed by atoms with Gasteiger partial charge in [-0.2, -0.15) is 5.21 Å². The lowest BCUT2D eigenvalue weighted by atomic mass is 10.1. The van der Waals surface area contributed by atoms with Crippen LogP contribution in [0.2, 0.25) is 0 Å². The second-order valence-electron chi connectivity index (χ2n) is 6.25. The largest absolute Gasteiger partial charge is 0.496 e. The zero-order valence-electron chi connectivity index (χ0n) is 15.6. The second kappa shape index (κ2) is 9.60. The molecule has 0 radical (unpaired) electrons. The number of hydrogen-bond donors (Lipinski definition) is 3. The number of piperazine rings is 1. The molecule has 10 nitrogen and oxygen atoms in total. The minimum atomic E-state index is -0.527. The maximum absolute atomic E-state index is 12.3. The third-order valence-electron chi connectivity index (χ3n) is 4.43. The van der Waals surface area contributed by atoms with Crippen LogP contribution in [-0.2, 0) is 16.1 Å². The number of nitrogens with zero attached hydrogens (tertiary/aromatic N) is 4. The zero-order chi connectivity index (χ0) is 19.8. The van der Waals surface area contributed by atoms with Crippen LogP contribution >= 0.6 is 0 Å². The van der Waals surface area contributed by atoms with Crippen molar-refractivity contribution in [3.05, 3.63) is 41.7 Å². The maximum Gasteiger partial charge on any atom is 0.237 e. The first-order valence-electron chi connectivity index (χ1n) is 8.97. The average molecular weight is 385 g/mol. The van der Waals surface area contributed by atoms with Crippen molar-refractivity contribution in [2.45, 2.75) is 19.0 Å². The van der Waals surface area contributed by atoms with Gasteiger partial charge < -0.3 is 15.4 Å². The topological polar surface area (TPSA) is 125 Å². The molecule has 3 N–H and O–H groups in total. The van der Waals surface area contributed by atoms with E-state index in [0.717, 1.165) is 11.3 Å². The minimum Gasteiger partial charge on any atom is -0.496 e. The molecule has 0 saturated carbocycles. The molecule has 1 fully saturated rings. The summed E-state index contributed by atoms with van der Waals surface area (Å²) in [6, 6.07) is 7.18. The number of para-hydroxylation sites is 1. The number of rotatable bonds is 8. The van der Waals surface area contributed by atoms with Gasteiger partial charge in [-0.05, 0) is 6.07 Å². The van der Waals surface area contributed by atoms with Gasteiger partial charge in [-0.1, -0.05) is 35.6 Å². The van der Waals surface area contributed by atoms with Gasteiger partial charge in [0.25, 0.3) is 0 Å². The van der Waals surface area contributed by atoms with Gasteiger partial charge in [0, 0.05) is 25.2 Å². The number of benzene rings is 1. The smallest absolute Gasteiger partial charge is 0.237 e. The lowest BCUT2D eigenvalue weighted by Crippen LogP contribution is -2.56. The summed E-state index contributed by atoms with van der Waals surface area (Å²) in [6.07, 6.45) is 3.99. The van der Waals surface area contributed by atoms with Crippen LogP contribution in [0.15, 0.2) is 30.3 Å². The van der Waals surface area contributed by atoms with Gasteiger partial charge in [-0.25, -0.2) is 0 Å². The molecule has 1 saturated heterocycles. The van der Waals surface area contributed by atoms with Gasteiger partial charge in [-0.3, -0.25) is 14.5 Å². The van der Waals surface area contributed by atoms with Crippen LogP contribution in [0, 0.1) is 0 Å². The number of nitrogens with one attached hydrogen (secondary N) is 3. The zero-order valence-corrected chi connectivity index (χ0v) is 15.6. The summed E-state index contributed by atoms with van der Waals surface area (Å²) < 4.78 is 5.34. The predicted molar refractivity (Wildman–Crippen MR) is 101 cm³/mol. The summed E-state index contributed by atoms with van der Waals surface area (Å²) in [5.74, 6) is 0.780. The highest BCUT2D eigenvalue weighted by molar-refractivity contribution is 5.88. The molecular formula is C18H23N7O3. The van der Waals surface area contributed by atoms with E-state index in [1.165, 1.54) is 0 Å². The Morgan fingerprint density at radius 1 is 1.43 bits per heavy atom.